The third-order valence-corrected chi connectivity index (χ3v) is 4.02. The van der Waals surface area contributed by atoms with Crippen LogP contribution in [0, 0.1) is 0 Å². The Hall–Kier alpha value is -1.50. The maximum Gasteiger partial charge on any atom is 0.241 e. The molecule has 0 saturated heterocycles. The van der Waals surface area contributed by atoms with Crippen molar-refractivity contribution in [3.8, 4) is 11.8 Å². The van der Waals surface area contributed by atoms with Crippen LogP contribution in [0.5, 0.6) is 11.8 Å². The summed E-state index contributed by atoms with van der Waals surface area (Å²) in [6.07, 6.45) is 0.660. The molecule has 1 N–H and O–H groups in total. The van der Waals surface area contributed by atoms with Crippen molar-refractivity contribution >= 4 is 23.4 Å². The highest BCUT2D eigenvalue weighted by Gasteiger charge is 2.17. The topological polar surface area (TPSA) is 64.5 Å². The fourth-order valence-corrected chi connectivity index (χ4v) is 2.59. The summed E-state index contributed by atoms with van der Waals surface area (Å²) in [5.74, 6) is 1.03. The molecule has 7 heteroatoms. The monoisotopic (exact) mass is 326 g/mol. The molecule has 1 unspecified atom stereocenters. The third kappa shape index (κ3) is 4.23. The molecule has 0 bridgehead atoms. The lowest BCUT2D eigenvalue weighted by Crippen LogP contribution is -2.08. The number of hydrogen-bond acceptors (Lipinski definition) is 6. The van der Waals surface area contributed by atoms with Gasteiger partial charge in [-0.25, -0.2) is 4.98 Å². The van der Waals surface area contributed by atoms with E-state index in [0.29, 0.717) is 22.3 Å². The Balaban J connectivity index is 2.05. The van der Waals surface area contributed by atoms with Gasteiger partial charge < -0.3 is 14.6 Å². The SMILES string of the molecule is COc1cnc(C(O)CSc2ccc(Cl)cc2)c(OC)n1. The number of aromatic nitrogens is 2. The lowest BCUT2D eigenvalue weighted by atomic mass is 10.3. The van der Waals surface area contributed by atoms with Gasteiger partial charge in [-0.15, -0.1) is 11.8 Å². The van der Waals surface area contributed by atoms with Crippen LogP contribution in [0.3, 0.4) is 0 Å². The predicted molar refractivity (Wildman–Crippen MR) is 82.3 cm³/mol. The zero-order valence-corrected chi connectivity index (χ0v) is 13.2. The van der Waals surface area contributed by atoms with Crippen molar-refractivity contribution in [2.45, 2.75) is 11.0 Å². The molecule has 2 aromatic rings. The van der Waals surface area contributed by atoms with Gasteiger partial charge in [-0.1, -0.05) is 11.6 Å². The predicted octanol–water partition coefficient (Wildman–Crippen LogP) is 2.97. The van der Waals surface area contributed by atoms with Crippen LogP contribution < -0.4 is 9.47 Å². The minimum Gasteiger partial charge on any atom is -0.480 e. The van der Waals surface area contributed by atoms with Crippen molar-refractivity contribution in [2.75, 3.05) is 20.0 Å². The van der Waals surface area contributed by atoms with Gasteiger partial charge in [0.15, 0.2) is 0 Å². The highest BCUT2D eigenvalue weighted by atomic mass is 35.5. The number of ether oxygens (including phenoxy) is 2. The van der Waals surface area contributed by atoms with Crippen LogP contribution in [0.1, 0.15) is 11.8 Å². The zero-order chi connectivity index (χ0) is 15.2. The van der Waals surface area contributed by atoms with Crippen LogP contribution in [-0.4, -0.2) is 35.0 Å². The molecule has 2 rings (SSSR count). The number of hydrogen-bond donors (Lipinski definition) is 1. The first-order valence-electron chi connectivity index (χ1n) is 6.15. The lowest BCUT2D eigenvalue weighted by Gasteiger charge is -2.13. The van der Waals surface area contributed by atoms with E-state index < -0.39 is 6.10 Å². The van der Waals surface area contributed by atoms with Gasteiger partial charge in [0, 0.05) is 15.7 Å². The molecule has 21 heavy (non-hydrogen) atoms. The quantitative estimate of drug-likeness (QED) is 0.823. The van der Waals surface area contributed by atoms with Crippen LogP contribution in [0.4, 0.5) is 0 Å². The Bertz CT molecular complexity index is 595. The summed E-state index contributed by atoms with van der Waals surface area (Å²) in [4.78, 5) is 9.27. The van der Waals surface area contributed by atoms with Crippen LogP contribution in [0.2, 0.25) is 5.02 Å². The van der Waals surface area contributed by atoms with Gasteiger partial charge in [-0.2, -0.15) is 4.98 Å². The average molecular weight is 327 g/mol. The second-order valence-electron chi connectivity index (χ2n) is 4.09. The lowest BCUT2D eigenvalue weighted by molar-refractivity contribution is 0.191. The van der Waals surface area contributed by atoms with Gasteiger partial charge >= 0.3 is 0 Å². The molecule has 0 saturated carbocycles. The van der Waals surface area contributed by atoms with E-state index in [0.717, 1.165) is 4.90 Å². The number of aliphatic hydroxyl groups is 1. The number of nitrogens with zero attached hydrogens (tertiary/aromatic N) is 2. The van der Waals surface area contributed by atoms with Crippen molar-refractivity contribution in [1.29, 1.82) is 0 Å². The first-order chi connectivity index (χ1) is 10.1. The summed E-state index contributed by atoms with van der Waals surface area (Å²) < 4.78 is 10.1. The third-order valence-electron chi connectivity index (χ3n) is 2.68. The molecule has 0 aliphatic rings. The highest BCUT2D eigenvalue weighted by molar-refractivity contribution is 7.99. The van der Waals surface area contributed by atoms with E-state index in [4.69, 9.17) is 21.1 Å². The van der Waals surface area contributed by atoms with E-state index in [1.54, 1.807) is 0 Å². The number of benzene rings is 1. The van der Waals surface area contributed by atoms with E-state index in [1.807, 2.05) is 24.3 Å². The van der Waals surface area contributed by atoms with Crippen molar-refractivity contribution in [3.63, 3.8) is 0 Å². The highest BCUT2D eigenvalue weighted by Crippen LogP contribution is 2.29. The van der Waals surface area contributed by atoms with E-state index in [-0.39, 0.29) is 5.88 Å². The standard InChI is InChI=1S/C14H15ClN2O3S/c1-19-12-7-16-13(14(17-12)20-2)11(18)8-21-10-5-3-9(15)4-6-10/h3-7,11,18H,8H2,1-2H3. The Labute approximate surface area is 132 Å². The maximum absolute atomic E-state index is 10.2. The number of methoxy groups -OCH3 is 2. The second-order valence-corrected chi connectivity index (χ2v) is 5.62. The van der Waals surface area contributed by atoms with Crippen molar-refractivity contribution in [1.82, 2.24) is 9.97 Å². The summed E-state index contributed by atoms with van der Waals surface area (Å²) >= 11 is 7.33. The van der Waals surface area contributed by atoms with E-state index in [1.165, 1.54) is 32.2 Å². The summed E-state index contributed by atoms with van der Waals surface area (Å²) in [5.41, 5.74) is 0.389. The molecule has 1 aromatic carbocycles. The fraction of sp³-hybridized carbons (Fsp3) is 0.286. The number of rotatable bonds is 6. The molecule has 5 nitrogen and oxygen atoms in total. The number of thioether (sulfide) groups is 1. The average Bonchev–Trinajstić information content (AvgIpc) is 2.53. The minimum atomic E-state index is -0.793. The summed E-state index contributed by atoms with van der Waals surface area (Å²) in [7, 11) is 2.97. The summed E-state index contributed by atoms with van der Waals surface area (Å²) in [5, 5.41) is 10.9. The Morgan fingerprint density at radius 1 is 1.24 bits per heavy atom. The number of halogens is 1. The minimum absolute atomic E-state index is 0.263. The summed E-state index contributed by atoms with van der Waals surface area (Å²) in [6, 6.07) is 7.42. The molecule has 0 spiro atoms. The van der Waals surface area contributed by atoms with Gasteiger partial charge in [0.1, 0.15) is 11.8 Å². The fourth-order valence-electron chi connectivity index (χ4n) is 1.63. The first kappa shape index (κ1) is 15.9. The molecule has 0 radical (unpaired) electrons. The maximum atomic E-state index is 10.2. The van der Waals surface area contributed by atoms with Crippen LogP contribution >= 0.6 is 23.4 Å². The number of aliphatic hydroxyl groups excluding tert-OH is 1. The second kappa shape index (κ2) is 7.49. The van der Waals surface area contributed by atoms with Crippen LogP contribution in [-0.2, 0) is 0 Å². The molecular weight excluding hydrogens is 312 g/mol. The Morgan fingerprint density at radius 2 is 1.95 bits per heavy atom. The van der Waals surface area contributed by atoms with Gasteiger partial charge in [0.05, 0.1) is 20.4 Å². The van der Waals surface area contributed by atoms with E-state index in [2.05, 4.69) is 9.97 Å². The van der Waals surface area contributed by atoms with E-state index in [9.17, 15) is 5.11 Å². The van der Waals surface area contributed by atoms with E-state index >= 15 is 0 Å². The Kier molecular flexibility index (Phi) is 5.67. The Morgan fingerprint density at radius 3 is 2.57 bits per heavy atom. The molecule has 112 valence electrons. The van der Waals surface area contributed by atoms with Gasteiger partial charge in [0.2, 0.25) is 11.8 Å². The molecule has 0 fully saturated rings. The van der Waals surface area contributed by atoms with Crippen LogP contribution in [0.25, 0.3) is 0 Å². The van der Waals surface area contributed by atoms with Crippen molar-refractivity contribution < 1.29 is 14.6 Å². The molecule has 1 heterocycles. The molecule has 1 aromatic heterocycles. The molecule has 1 atom stereocenters. The van der Waals surface area contributed by atoms with Gasteiger partial charge in [-0.3, -0.25) is 0 Å². The first-order valence-corrected chi connectivity index (χ1v) is 7.51. The normalized spacial score (nSPS) is 12.0. The van der Waals surface area contributed by atoms with Crippen molar-refractivity contribution in [2.24, 2.45) is 0 Å². The van der Waals surface area contributed by atoms with Crippen molar-refractivity contribution in [3.05, 3.63) is 41.2 Å². The molecule has 0 amide bonds. The smallest absolute Gasteiger partial charge is 0.241 e. The molecule has 0 aliphatic heterocycles. The largest absolute Gasteiger partial charge is 0.480 e. The molecular formula is C14H15ClN2O3S. The van der Waals surface area contributed by atoms with Gasteiger partial charge in [-0.05, 0) is 24.3 Å². The summed E-state index contributed by atoms with van der Waals surface area (Å²) in [6.45, 7) is 0. The molecule has 0 aliphatic carbocycles. The zero-order valence-electron chi connectivity index (χ0n) is 11.6. The van der Waals surface area contributed by atoms with Gasteiger partial charge in [0.25, 0.3) is 0 Å². The van der Waals surface area contributed by atoms with Crippen LogP contribution in [0.15, 0.2) is 35.4 Å².